The molecule has 0 heterocycles. The maximum atomic E-state index is 12.3. The number of carbonyl (C=O) groups excluding carboxylic acids is 1. The third kappa shape index (κ3) is 5.13. The standard InChI is InChI=1S/C28H49NO6S/c1-5-19-23-16-18(30)10-12-28(23,4)22-11-13-27(3)20(7-8-21(27)25(22)26(19)32)17(2)6-9-24(31)29-14-15-36(33,34)35/h17-23,25-26,30,32H,5-16H2,1-4H3,(H,29,31)(H,33,34,35)/t17-,18-,19-,20-,21?,22?,23?,25?,26+,27-,28-/m1/s1. The van der Waals surface area contributed by atoms with Gasteiger partial charge in [-0.25, -0.2) is 0 Å². The molecule has 0 radical (unpaired) electrons. The summed E-state index contributed by atoms with van der Waals surface area (Å²) in [6, 6.07) is 0. The molecule has 0 aromatic carbocycles. The Balaban J connectivity index is 1.44. The van der Waals surface area contributed by atoms with Crippen molar-refractivity contribution in [2.24, 2.45) is 52.3 Å². The van der Waals surface area contributed by atoms with E-state index in [-0.39, 0.29) is 41.4 Å². The van der Waals surface area contributed by atoms with Crippen LogP contribution in [-0.2, 0) is 14.9 Å². The molecule has 208 valence electrons. The zero-order valence-electron chi connectivity index (χ0n) is 22.7. The van der Waals surface area contributed by atoms with Gasteiger partial charge in [-0.2, -0.15) is 8.42 Å². The third-order valence-corrected chi connectivity index (χ3v) is 12.4. The Kier molecular flexibility index (Phi) is 8.23. The average Bonchev–Trinajstić information content (AvgIpc) is 3.15. The van der Waals surface area contributed by atoms with Gasteiger partial charge < -0.3 is 15.5 Å². The van der Waals surface area contributed by atoms with Crippen molar-refractivity contribution in [2.75, 3.05) is 12.3 Å². The van der Waals surface area contributed by atoms with Crippen LogP contribution in [0.15, 0.2) is 0 Å². The van der Waals surface area contributed by atoms with E-state index >= 15 is 0 Å². The van der Waals surface area contributed by atoms with Crippen LogP contribution in [0, 0.1) is 52.3 Å². The fraction of sp³-hybridized carbons (Fsp3) is 0.964. The zero-order chi connectivity index (χ0) is 26.5. The number of hydrogen-bond acceptors (Lipinski definition) is 5. The number of aliphatic hydroxyl groups excluding tert-OH is 2. The van der Waals surface area contributed by atoms with Gasteiger partial charge in [-0.15, -0.1) is 0 Å². The summed E-state index contributed by atoms with van der Waals surface area (Å²) in [7, 11) is -4.07. The molecule has 4 N–H and O–H groups in total. The van der Waals surface area contributed by atoms with Gasteiger partial charge in [0.2, 0.25) is 5.91 Å². The van der Waals surface area contributed by atoms with Gasteiger partial charge in [0.15, 0.2) is 0 Å². The molecule has 7 nitrogen and oxygen atoms in total. The van der Waals surface area contributed by atoms with E-state index in [1.807, 2.05) is 0 Å². The molecule has 4 aliphatic rings. The van der Waals surface area contributed by atoms with Crippen LogP contribution in [0.5, 0.6) is 0 Å². The van der Waals surface area contributed by atoms with Crippen molar-refractivity contribution in [1.82, 2.24) is 5.32 Å². The van der Waals surface area contributed by atoms with E-state index in [0.717, 1.165) is 51.4 Å². The van der Waals surface area contributed by atoms with E-state index in [0.29, 0.717) is 41.9 Å². The smallest absolute Gasteiger partial charge is 0.266 e. The molecule has 11 atom stereocenters. The number of carbonyl (C=O) groups is 1. The van der Waals surface area contributed by atoms with Crippen molar-refractivity contribution in [3.63, 3.8) is 0 Å². The van der Waals surface area contributed by atoms with Gasteiger partial charge in [-0.05, 0) is 104 Å². The van der Waals surface area contributed by atoms with Crippen molar-refractivity contribution in [3.8, 4) is 0 Å². The minimum absolute atomic E-state index is 0.0639. The van der Waals surface area contributed by atoms with Gasteiger partial charge in [-0.3, -0.25) is 9.35 Å². The third-order valence-electron chi connectivity index (χ3n) is 11.7. The second-order valence-corrected chi connectivity index (χ2v) is 14.8. The van der Waals surface area contributed by atoms with E-state index in [4.69, 9.17) is 4.55 Å². The van der Waals surface area contributed by atoms with Crippen LogP contribution in [0.3, 0.4) is 0 Å². The summed E-state index contributed by atoms with van der Waals surface area (Å²) in [5.74, 6) is 2.28. The minimum atomic E-state index is -4.07. The van der Waals surface area contributed by atoms with Crippen LogP contribution >= 0.6 is 0 Å². The lowest BCUT2D eigenvalue weighted by molar-refractivity contribution is -0.203. The Morgan fingerprint density at radius 1 is 1.03 bits per heavy atom. The lowest BCUT2D eigenvalue weighted by Gasteiger charge is -2.64. The SMILES string of the molecule is CC[C@@H]1C2C[C@H](O)CC[C@]2(C)C2CC[C@@]3(C)C(CC[C@@H]3[C@H](C)CCC(=O)NCCS(=O)(=O)O)C2[C@H]1O. The zero-order valence-corrected chi connectivity index (χ0v) is 23.5. The topological polar surface area (TPSA) is 124 Å². The molecule has 0 aliphatic heterocycles. The van der Waals surface area contributed by atoms with Crippen LogP contribution in [-0.4, -0.2) is 53.6 Å². The number of hydrogen-bond donors (Lipinski definition) is 4. The maximum Gasteiger partial charge on any atom is 0.266 e. The molecule has 36 heavy (non-hydrogen) atoms. The second-order valence-electron chi connectivity index (χ2n) is 13.3. The molecule has 0 aromatic heterocycles. The Labute approximate surface area is 217 Å². The highest BCUT2D eigenvalue weighted by Crippen LogP contribution is 2.69. The molecular formula is C28H49NO6S. The molecular weight excluding hydrogens is 478 g/mol. The molecule has 0 spiro atoms. The van der Waals surface area contributed by atoms with E-state index in [9.17, 15) is 23.4 Å². The van der Waals surface area contributed by atoms with Crippen molar-refractivity contribution >= 4 is 16.0 Å². The largest absolute Gasteiger partial charge is 0.393 e. The molecule has 4 rings (SSSR count). The van der Waals surface area contributed by atoms with Gasteiger partial charge in [0.1, 0.15) is 0 Å². The first kappa shape index (κ1) is 28.3. The molecule has 4 aliphatic carbocycles. The summed E-state index contributed by atoms with van der Waals surface area (Å²) in [6.07, 6.45) is 8.95. The predicted molar refractivity (Wildman–Crippen MR) is 140 cm³/mol. The van der Waals surface area contributed by atoms with Crippen LogP contribution in [0.2, 0.25) is 0 Å². The summed E-state index contributed by atoms with van der Waals surface area (Å²) in [5.41, 5.74) is 0.369. The van der Waals surface area contributed by atoms with E-state index in [1.54, 1.807) is 0 Å². The molecule has 0 bridgehead atoms. The highest BCUT2D eigenvalue weighted by atomic mass is 32.2. The number of amides is 1. The predicted octanol–water partition coefficient (Wildman–Crippen LogP) is 4.03. The highest BCUT2D eigenvalue weighted by Gasteiger charge is 2.64. The van der Waals surface area contributed by atoms with E-state index in [2.05, 4.69) is 33.0 Å². The lowest BCUT2D eigenvalue weighted by Crippen LogP contribution is -2.62. The quantitative estimate of drug-likeness (QED) is 0.353. The number of fused-ring (bicyclic) bond motifs is 5. The normalized spacial score (nSPS) is 45.3. The van der Waals surface area contributed by atoms with Gasteiger partial charge in [-0.1, -0.05) is 34.1 Å². The fourth-order valence-corrected chi connectivity index (χ4v) is 10.3. The molecule has 4 saturated carbocycles. The van der Waals surface area contributed by atoms with Crippen LogP contribution in [0.4, 0.5) is 0 Å². The first-order valence-electron chi connectivity index (χ1n) is 14.4. The molecule has 0 aromatic rings. The lowest BCUT2D eigenvalue weighted by atomic mass is 9.41. The number of aliphatic hydroxyl groups is 2. The summed E-state index contributed by atoms with van der Waals surface area (Å²) >= 11 is 0. The highest BCUT2D eigenvalue weighted by molar-refractivity contribution is 7.85. The van der Waals surface area contributed by atoms with Crippen molar-refractivity contribution < 1.29 is 28.0 Å². The molecule has 4 unspecified atom stereocenters. The molecule has 4 fully saturated rings. The molecule has 0 saturated heterocycles. The number of rotatable bonds is 8. The number of nitrogens with one attached hydrogen (secondary N) is 1. The monoisotopic (exact) mass is 527 g/mol. The Bertz CT molecular complexity index is 910. The van der Waals surface area contributed by atoms with E-state index in [1.165, 1.54) is 6.42 Å². The van der Waals surface area contributed by atoms with Gasteiger partial charge in [0.25, 0.3) is 10.1 Å². The van der Waals surface area contributed by atoms with Crippen LogP contribution in [0.1, 0.15) is 91.9 Å². The van der Waals surface area contributed by atoms with Gasteiger partial charge in [0, 0.05) is 13.0 Å². The first-order valence-corrected chi connectivity index (χ1v) is 16.0. The Hall–Kier alpha value is -0.700. The van der Waals surface area contributed by atoms with Crippen molar-refractivity contribution in [3.05, 3.63) is 0 Å². The summed E-state index contributed by atoms with van der Waals surface area (Å²) in [6.45, 7) is 9.31. The molecule has 1 amide bonds. The summed E-state index contributed by atoms with van der Waals surface area (Å²) in [4.78, 5) is 12.3. The summed E-state index contributed by atoms with van der Waals surface area (Å²) < 4.78 is 30.6. The van der Waals surface area contributed by atoms with Gasteiger partial charge >= 0.3 is 0 Å². The van der Waals surface area contributed by atoms with Crippen LogP contribution in [0.25, 0.3) is 0 Å². The minimum Gasteiger partial charge on any atom is -0.393 e. The fourth-order valence-electron chi connectivity index (χ4n) is 9.90. The summed E-state index contributed by atoms with van der Waals surface area (Å²) in [5, 5.41) is 24.9. The van der Waals surface area contributed by atoms with Gasteiger partial charge in [0.05, 0.1) is 18.0 Å². The first-order chi connectivity index (χ1) is 16.8. The average molecular weight is 528 g/mol. The Morgan fingerprint density at radius 3 is 2.36 bits per heavy atom. The van der Waals surface area contributed by atoms with Crippen LogP contribution < -0.4 is 5.32 Å². The van der Waals surface area contributed by atoms with Crippen molar-refractivity contribution in [1.29, 1.82) is 0 Å². The maximum absolute atomic E-state index is 12.3. The molecule has 8 heteroatoms. The Morgan fingerprint density at radius 2 is 1.69 bits per heavy atom. The van der Waals surface area contributed by atoms with Crippen molar-refractivity contribution in [2.45, 2.75) is 104 Å². The second kappa shape index (κ2) is 10.5. The van der Waals surface area contributed by atoms with E-state index < -0.39 is 15.9 Å².